The van der Waals surface area contributed by atoms with Gasteiger partial charge < -0.3 is 15.4 Å². The Bertz CT molecular complexity index is 925. The lowest BCUT2D eigenvalue weighted by molar-refractivity contribution is -0.114. The zero-order chi connectivity index (χ0) is 20.1. The first-order chi connectivity index (χ1) is 13.4. The highest BCUT2D eigenvalue weighted by Gasteiger charge is 2.29. The molecule has 150 valence electrons. The SMILES string of the molecule is COc1cc(NC2CCN(S(=O)(=O)c3ccc(NC(C)=O)cc3)CC2)ncn1. The minimum atomic E-state index is -3.57. The summed E-state index contributed by atoms with van der Waals surface area (Å²) in [7, 11) is -2.03. The average molecular weight is 405 g/mol. The van der Waals surface area contributed by atoms with E-state index in [1.807, 2.05) is 0 Å². The first-order valence-corrected chi connectivity index (χ1v) is 10.3. The van der Waals surface area contributed by atoms with Gasteiger partial charge in [0.1, 0.15) is 12.1 Å². The number of aromatic nitrogens is 2. The molecule has 1 aliphatic rings. The van der Waals surface area contributed by atoms with E-state index >= 15 is 0 Å². The molecule has 1 aromatic heterocycles. The maximum absolute atomic E-state index is 12.9. The van der Waals surface area contributed by atoms with E-state index in [0.717, 1.165) is 0 Å². The number of carbonyl (C=O) groups is 1. The van der Waals surface area contributed by atoms with Crippen LogP contribution in [0, 0.1) is 0 Å². The zero-order valence-electron chi connectivity index (χ0n) is 15.8. The van der Waals surface area contributed by atoms with Gasteiger partial charge in [-0.3, -0.25) is 4.79 Å². The molecule has 1 aromatic carbocycles. The van der Waals surface area contributed by atoms with Crippen LogP contribution < -0.4 is 15.4 Å². The summed E-state index contributed by atoms with van der Waals surface area (Å²) in [6.45, 7) is 2.23. The zero-order valence-corrected chi connectivity index (χ0v) is 16.6. The molecule has 1 aliphatic heterocycles. The summed E-state index contributed by atoms with van der Waals surface area (Å²) in [4.78, 5) is 19.4. The molecule has 28 heavy (non-hydrogen) atoms. The van der Waals surface area contributed by atoms with Crippen molar-refractivity contribution in [3.8, 4) is 5.88 Å². The Morgan fingerprint density at radius 3 is 2.46 bits per heavy atom. The summed E-state index contributed by atoms with van der Waals surface area (Å²) in [6, 6.07) is 8.03. The smallest absolute Gasteiger partial charge is 0.243 e. The third-order valence-electron chi connectivity index (χ3n) is 4.47. The predicted octanol–water partition coefficient (Wildman–Crippen LogP) is 1.71. The van der Waals surface area contributed by atoms with E-state index in [9.17, 15) is 13.2 Å². The molecule has 0 spiro atoms. The number of piperidine rings is 1. The number of rotatable bonds is 6. The second-order valence-corrected chi connectivity index (χ2v) is 8.41. The molecule has 0 atom stereocenters. The second kappa shape index (κ2) is 8.53. The van der Waals surface area contributed by atoms with Gasteiger partial charge in [0.15, 0.2) is 0 Å². The Labute approximate surface area is 164 Å². The molecule has 0 unspecified atom stereocenters. The van der Waals surface area contributed by atoms with Crippen LogP contribution in [0.2, 0.25) is 0 Å². The summed E-state index contributed by atoms with van der Waals surface area (Å²) in [5.74, 6) is 0.924. The van der Waals surface area contributed by atoms with Gasteiger partial charge in [-0.25, -0.2) is 18.4 Å². The van der Waals surface area contributed by atoms with Crippen LogP contribution in [-0.4, -0.2) is 54.8 Å². The molecule has 1 amide bonds. The number of hydrogen-bond donors (Lipinski definition) is 2. The lowest BCUT2D eigenvalue weighted by Gasteiger charge is -2.31. The van der Waals surface area contributed by atoms with Crippen molar-refractivity contribution in [2.45, 2.75) is 30.7 Å². The number of amides is 1. The van der Waals surface area contributed by atoms with Crippen molar-refractivity contribution in [3.05, 3.63) is 36.7 Å². The van der Waals surface area contributed by atoms with Crippen molar-refractivity contribution in [2.75, 3.05) is 30.8 Å². The van der Waals surface area contributed by atoms with Crippen LogP contribution in [-0.2, 0) is 14.8 Å². The van der Waals surface area contributed by atoms with E-state index in [0.29, 0.717) is 43.3 Å². The number of anilines is 2. The van der Waals surface area contributed by atoms with Gasteiger partial charge in [0.25, 0.3) is 0 Å². The van der Waals surface area contributed by atoms with Crippen molar-refractivity contribution < 1.29 is 17.9 Å². The predicted molar refractivity (Wildman–Crippen MR) is 105 cm³/mol. The molecule has 2 N–H and O–H groups in total. The molecule has 0 bridgehead atoms. The highest BCUT2D eigenvalue weighted by molar-refractivity contribution is 7.89. The Hall–Kier alpha value is -2.72. The van der Waals surface area contributed by atoms with E-state index < -0.39 is 10.0 Å². The Kier molecular flexibility index (Phi) is 6.10. The molecule has 10 heteroatoms. The fourth-order valence-corrected chi connectivity index (χ4v) is 4.51. The number of benzene rings is 1. The Morgan fingerprint density at radius 2 is 1.86 bits per heavy atom. The standard InChI is InChI=1S/C18H23N5O4S/c1-13(24)21-14-3-5-16(6-4-14)28(25,26)23-9-7-15(8-10-23)22-17-11-18(27-2)20-12-19-17/h3-6,11-12,15H,7-10H2,1-2H3,(H,21,24)(H,19,20,22). The molecule has 1 fully saturated rings. The lowest BCUT2D eigenvalue weighted by atomic mass is 10.1. The summed E-state index contributed by atoms with van der Waals surface area (Å²) >= 11 is 0. The Balaban J connectivity index is 1.60. The molecular formula is C18H23N5O4S. The van der Waals surface area contributed by atoms with Crippen molar-refractivity contribution in [1.29, 1.82) is 0 Å². The van der Waals surface area contributed by atoms with Gasteiger partial charge in [-0.15, -0.1) is 0 Å². The van der Waals surface area contributed by atoms with Gasteiger partial charge in [-0.1, -0.05) is 0 Å². The first kappa shape index (κ1) is 20.0. The van der Waals surface area contributed by atoms with Gasteiger partial charge in [0, 0.05) is 37.8 Å². The summed E-state index contributed by atoms with van der Waals surface area (Å²) in [5, 5.41) is 5.93. The van der Waals surface area contributed by atoms with Crippen molar-refractivity contribution in [1.82, 2.24) is 14.3 Å². The minimum absolute atomic E-state index is 0.119. The molecule has 0 radical (unpaired) electrons. The van der Waals surface area contributed by atoms with Gasteiger partial charge in [0.05, 0.1) is 12.0 Å². The van der Waals surface area contributed by atoms with E-state index in [1.54, 1.807) is 18.2 Å². The number of nitrogens with one attached hydrogen (secondary N) is 2. The molecule has 0 saturated carbocycles. The second-order valence-electron chi connectivity index (χ2n) is 6.47. The summed E-state index contributed by atoms with van der Waals surface area (Å²) in [5.41, 5.74) is 0.564. The van der Waals surface area contributed by atoms with Crippen LogP contribution >= 0.6 is 0 Å². The van der Waals surface area contributed by atoms with Crippen LogP contribution in [0.3, 0.4) is 0 Å². The van der Waals surface area contributed by atoms with E-state index in [2.05, 4.69) is 20.6 Å². The van der Waals surface area contributed by atoms with Crippen molar-refractivity contribution in [3.63, 3.8) is 0 Å². The van der Waals surface area contributed by atoms with Crippen LogP contribution in [0.15, 0.2) is 41.6 Å². The van der Waals surface area contributed by atoms with Gasteiger partial charge >= 0.3 is 0 Å². The molecule has 1 saturated heterocycles. The van der Waals surface area contributed by atoms with Crippen LogP contribution in [0.4, 0.5) is 11.5 Å². The normalized spacial score (nSPS) is 15.8. The highest BCUT2D eigenvalue weighted by atomic mass is 32.2. The largest absolute Gasteiger partial charge is 0.481 e. The first-order valence-electron chi connectivity index (χ1n) is 8.89. The third kappa shape index (κ3) is 4.76. The molecule has 0 aliphatic carbocycles. The molecule has 2 aromatic rings. The molecule has 2 heterocycles. The molecular weight excluding hydrogens is 382 g/mol. The van der Waals surface area contributed by atoms with E-state index in [1.165, 1.54) is 36.8 Å². The summed E-state index contributed by atoms with van der Waals surface area (Å²) in [6.07, 6.45) is 2.75. The fourth-order valence-electron chi connectivity index (χ4n) is 3.04. The Morgan fingerprint density at radius 1 is 1.18 bits per heavy atom. The molecule has 3 rings (SSSR count). The third-order valence-corrected chi connectivity index (χ3v) is 6.38. The van der Waals surface area contributed by atoms with Crippen LogP contribution in [0.1, 0.15) is 19.8 Å². The quantitative estimate of drug-likeness (QED) is 0.752. The maximum atomic E-state index is 12.9. The van der Waals surface area contributed by atoms with Crippen LogP contribution in [0.25, 0.3) is 0 Å². The van der Waals surface area contributed by atoms with Crippen molar-refractivity contribution in [2.24, 2.45) is 0 Å². The van der Waals surface area contributed by atoms with Gasteiger partial charge in [-0.2, -0.15) is 4.31 Å². The maximum Gasteiger partial charge on any atom is 0.243 e. The number of methoxy groups -OCH3 is 1. The highest BCUT2D eigenvalue weighted by Crippen LogP contribution is 2.24. The van der Waals surface area contributed by atoms with E-state index in [-0.39, 0.29) is 16.8 Å². The monoisotopic (exact) mass is 405 g/mol. The summed E-state index contributed by atoms with van der Waals surface area (Å²) < 4.78 is 32.3. The topological polar surface area (TPSA) is 114 Å². The van der Waals surface area contributed by atoms with E-state index in [4.69, 9.17) is 4.74 Å². The number of sulfonamides is 1. The number of hydrogen-bond acceptors (Lipinski definition) is 7. The van der Waals surface area contributed by atoms with Crippen molar-refractivity contribution >= 4 is 27.4 Å². The molecule has 9 nitrogen and oxygen atoms in total. The fraction of sp³-hybridized carbons (Fsp3) is 0.389. The van der Waals surface area contributed by atoms with Crippen LogP contribution in [0.5, 0.6) is 5.88 Å². The average Bonchev–Trinajstić information content (AvgIpc) is 2.68. The number of ether oxygens (including phenoxy) is 1. The van der Waals surface area contributed by atoms with Gasteiger partial charge in [-0.05, 0) is 37.1 Å². The lowest BCUT2D eigenvalue weighted by Crippen LogP contribution is -2.42. The van der Waals surface area contributed by atoms with Gasteiger partial charge in [0.2, 0.25) is 21.8 Å². The number of carbonyl (C=O) groups excluding carboxylic acids is 1. The minimum Gasteiger partial charge on any atom is -0.481 e. The number of nitrogens with zero attached hydrogens (tertiary/aromatic N) is 3.